The number of aryl methyl sites for hydroxylation is 2. The van der Waals surface area contributed by atoms with Gasteiger partial charge in [0.05, 0.1) is 0 Å². The average Bonchev–Trinajstić information content (AvgIpc) is 2.96. The van der Waals surface area contributed by atoms with Crippen LogP contribution in [-0.4, -0.2) is 58.2 Å². The molecular weight excluding hydrogens is 298 g/mol. The van der Waals surface area contributed by atoms with Gasteiger partial charge >= 0.3 is 0 Å². The highest BCUT2D eigenvalue weighted by molar-refractivity contribution is 8.00. The third kappa shape index (κ3) is 5.19. The molecule has 0 spiro atoms. The van der Waals surface area contributed by atoms with Gasteiger partial charge < -0.3 is 14.7 Å². The maximum absolute atomic E-state index is 5.13. The zero-order chi connectivity index (χ0) is 15.8. The summed E-state index contributed by atoms with van der Waals surface area (Å²) in [7, 11) is 0. The molecule has 1 aromatic heterocycles. The van der Waals surface area contributed by atoms with E-state index in [4.69, 9.17) is 9.52 Å². The van der Waals surface area contributed by atoms with Crippen LogP contribution >= 0.6 is 11.8 Å². The lowest BCUT2D eigenvalue weighted by Gasteiger charge is -2.34. The summed E-state index contributed by atoms with van der Waals surface area (Å²) in [5, 5.41) is 7.94. The molecule has 2 rings (SSSR count). The van der Waals surface area contributed by atoms with Crippen molar-refractivity contribution in [2.45, 2.75) is 45.3 Å². The van der Waals surface area contributed by atoms with Crippen molar-refractivity contribution < 1.29 is 4.52 Å². The second-order valence-electron chi connectivity index (χ2n) is 5.42. The molecule has 0 saturated carbocycles. The molecule has 6 nitrogen and oxygen atoms in total. The first-order chi connectivity index (χ1) is 10.7. The first kappa shape index (κ1) is 17.1. The van der Waals surface area contributed by atoms with E-state index >= 15 is 0 Å². The lowest BCUT2D eigenvalue weighted by Crippen LogP contribution is -2.48. The van der Waals surface area contributed by atoms with Crippen LogP contribution in [0.3, 0.4) is 0 Å². The van der Waals surface area contributed by atoms with Gasteiger partial charge in [-0.2, -0.15) is 16.7 Å². The monoisotopic (exact) mass is 325 g/mol. The molecule has 1 aliphatic rings. The van der Waals surface area contributed by atoms with E-state index in [0.29, 0.717) is 11.7 Å². The predicted molar refractivity (Wildman–Crippen MR) is 91.4 cm³/mol. The highest BCUT2D eigenvalue weighted by Crippen LogP contribution is 2.21. The standard InChI is InChI=1S/C15H27N5OS/c1-4-13-11-20(9-10-22-13)15(16-5-2)17-8-6-7-14-18-12(3)19-21-14/h13H,4-11H2,1-3H3,(H,16,17). The molecule has 22 heavy (non-hydrogen) atoms. The maximum atomic E-state index is 5.13. The molecule has 1 unspecified atom stereocenters. The number of nitrogens with zero attached hydrogens (tertiary/aromatic N) is 4. The molecular formula is C15H27N5OS. The van der Waals surface area contributed by atoms with Gasteiger partial charge in [-0.1, -0.05) is 12.1 Å². The summed E-state index contributed by atoms with van der Waals surface area (Å²) in [4.78, 5) is 11.4. The van der Waals surface area contributed by atoms with Gasteiger partial charge in [-0.15, -0.1) is 0 Å². The normalized spacial score (nSPS) is 19.5. The lowest BCUT2D eigenvalue weighted by molar-refractivity contribution is 0.372. The molecule has 1 saturated heterocycles. The van der Waals surface area contributed by atoms with Crippen molar-refractivity contribution in [3.63, 3.8) is 0 Å². The maximum Gasteiger partial charge on any atom is 0.226 e. The van der Waals surface area contributed by atoms with Gasteiger partial charge in [-0.3, -0.25) is 4.99 Å². The van der Waals surface area contributed by atoms with Crippen molar-refractivity contribution in [1.82, 2.24) is 20.4 Å². The number of hydrogen-bond acceptors (Lipinski definition) is 5. The fraction of sp³-hybridized carbons (Fsp3) is 0.800. The fourth-order valence-electron chi connectivity index (χ4n) is 2.44. The number of rotatable bonds is 6. The van der Waals surface area contributed by atoms with Gasteiger partial charge in [0.1, 0.15) is 0 Å². The summed E-state index contributed by atoms with van der Waals surface area (Å²) >= 11 is 2.08. The van der Waals surface area contributed by atoms with E-state index < -0.39 is 0 Å². The van der Waals surface area contributed by atoms with E-state index in [1.165, 1.54) is 12.2 Å². The second kappa shape index (κ2) is 9.02. The fourth-order valence-corrected chi connectivity index (χ4v) is 3.62. The Morgan fingerprint density at radius 1 is 1.50 bits per heavy atom. The van der Waals surface area contributed by atoms with Crippen LogP contribution in [0.2, 0.25) is 0 Å². The molecule has 0 aliphatic carbocycles. The van der Waals surface area contributed by atoms with Crippen molar-refractivity contribution >= 4 is 17.7 Å². The topological polar surface area (TPSA) is 66.5 Å². The Morgan fingerprint density at radius 3 is 3.05 bits per heavy atom. The van der Waals surface area contributed by atoms with E-state index in [0.717, 1.165) is 50.2 Å². The summed E-state index contributed by atoms with van der Waals surface area (Å²) in [6.45, 7) is 10.1. The van der Waals surface area contributed by atoms with Crippen molar-refractivity contribution in [3.05, 3.63) is 11.7 Å². The Balaban J connectivity index is 1.83. The Kier molecular flexibility index (Phi) is 7.02. The third-order valence-corrected chi connectivity index (χ3v) is 4.98. The summed E-state index contributed by atoms with van der Waals surface area (Å²) in [5.74, 6) is 3.63. The van der Waals surface area contributed by atoms with Crippen LogP contribution in [0.5, 0.6) is 0 Å². The zero-order valence-corrected chi connectivity index (χ0v) is 14.7. The largest absolute Gasteiger partial charge is 0.357 e. The van der Waals surface area contributed by atoms with Crippen LogP contribution in [0.1, 0.15) is 38.4 Å². The Morgan fingerprint density at radius 2 is 2.36 bits per heavy atom. The summed E-state index contributed by atoms with van der Waals surface area (Å²) in [5.41, 5.74) is 0. The molecule has 2 heterocycles. The van der Waals surface area contributed by atoms with E-state index in [1.807, 2.05) is 6.92 Å². The van der Waals surface area contributed by atoms with E-state index in [9.17, 15) is 0 Å². The lowest BCUT2D eigenvalue weighted by atomic mass is 10.3. The SMILES string of the molecule is CCNC(=NCCCc1nc(C)no1)N1CCSC(CC)C1. The number of aliphatic imine (C=N–C) groups is 1. The van der Waals surface area contributed by atoms with Crippen LogP contribution in [0, 0.1) is 6.92 Å². The van der Waals surface area contributed by atoms with Crippen molar-refractivity contribution in [3.8, 4) is 0 Å². The average molecular weight is 325 g/mol. The summed E-state index contributed by atoms with van der Waals surface area (Å²) in [6.07, 6.45) is 2.94. The molecule has 1 atom stereocenters. The van der Waals surface area contributed by atoms with Gasteiger partial charge in [0.2, 0.25) is 5.89 Å². The van der Waals surface area contributed by atoms with E-state index in [-0.39, 0.29) is 0 Å². The van der Waals surface area contributed by atoms with Crippen LogP contribution in [-0.2, 0) is 6.42 Å². The molecule has 0 aromatic carbocycles. The molecule has 1 aliphatic heterocycles. The molecule has 0 bridgehead atoms. The molecule has 7 heteroatoms. The number of aromatic nitrogens is 2. The number of nitrogens with one attached hydrogen (secondary N) is 1. The molecule has 0 radical (unpaired) electrons. The van der Waals surface area contributed by atoms with Gasteiger partial charge in [-0.05, 0) is 26.7 Å². The van der Waals surface area contributed by atoms with Gasteiger partial charge in [0, 0.05) is 43.6 Å². The number of thioether (sulfide) groups is 1. The van der Waals surface area contributed by atoms with Crippen molar-refractivity contribution in [1.29, 1.82) is 0 Å². The summed E-state index contributed by atoms with van der Waals surface area (Å²) in [6, 6.07) is 0. The molecule has 1 aromatic rings. The quantitative estimate of drug-likeness (QED) is 0.491. The van der Waals surface area contributed by atoms with E-state index in [1.54, 1.807) is 0 Å². The third-order valence-electron chi connectivity index (χ3n) is 3.61. The summed E-state index contributed by atoms with van der Waals surface area (Å²) < 4.78 is 5.13. The first-order valence-electron chi connectivity index (χ1n) is 8.17. The van der Waals surface area contributed by atoms with Crippen LogP contribution in [0.25, 0.3) is 0 Å². The van der Waals surface area contributed by atoms with Gasteiger partial charge in [0.25, 0.3) is 0 Å². The molecule has 124 valence electrons. The number of guanidine groups is 1. The minimum Gasteiger partial charge on any atom is -0.357 e. The van der Waals surface area contributed by atoms with Crippen molar-refractivity contribution in [2.75, 3.05) is 31.9 Å². The van der Waals surface area contributed by atoms with Crippen molar-refractivity contribution in [2.24, 2.45) is 4.99 Å². The van der Waals surface area contributed by atoms with E-state index in [2.05, 4.69) is 46.0 Å². The Labute approximate surface area is 137 Å². The minimum atomic E-state index is 0.697. The molecule has 1 fully saturated rings. The predicted octanol–water partition coefficient (Wildman–Crippen LogP) is 2.10. The Bertz CT molecular complexity index is 476. The van der Waals surface area contributed by atoms with Crippen LogP contribution in [0.4, 0.5) is 0 Å². The highest BCUT2D eigenvalue weighted by atomic mass is 32.2. The number of hydrogen-bond donors (Lipinski definition) is 1. The minimum absolute atomic E-state index is 0.697. The second-order valence-corrected chi connectivity index (χ2v) is 6.83. The van der Waals surface area contributed by atoms with Gasteiger partial charge in [0.15, 0.2) is 11.8 Å². The molecule has 1 N–H and O–H groups in total. The first-order valence-corrected chi connectivity index (χ1v) is 9.21. The smallest absolute Gasteiger partial charge is 0.226 e. The highest BCUT2D eigenvalue weighted by Gasteiger charge is 2.21. The zero-order valence-electron chi connectivity index (χ0n) is 13.8. The van der Waals surface area contributed by atoms with Gasteiger partial charge in [-0.25, -0.2) is 0 Å². The molecule has 0 amide bonds. The van der Waals surface area contributed by atoms with Crippen LogP contribution in [0.15, 0.2) is 9.52 Å². The Hall–Kier alpha value is -1.24. The van der Waals surface area contributed by atoms with Crippen LogP contribution < -0.4 is 5.32 Å².